The van der Waals surface area contributed by atoms with Crippen LogP contribution < -0.4 is 20.1 Å². The van der Waals surface area contributed by atoms with Gasteiger partial charge < -0.3 is 24.8 Å². The number of hydrogen-bond acceptors (Lipinski definition) is 10. The fraction of sp³-hybridized carbons (Fsp3) is 0.485. The summed E-state index contributed by atoms with van der Waals surface area (Å²) < 4.78 is 92.8. The number of anilines is 2. The first-order chi connectivity index (χ1) is 23.1. The Kier molecular flexibility index (Phi) is 7.53. The Balaban J connectivity index is 1.36. The molecule has 9 nitrogen and oxygen atoms in total. The van der Waals surface area contributed by atoms with E-state index in [1.165, 1.54) is 12.1 Å². The van der Waals surface area contributed by atoms with Gasteiger partial charge in [-0.25, -0.2) is 22.0 Å². The highest BCUT2D eigenvalue weighted by molar-refractivity contribution is 7.23. The lowest BCUT2D eigenvalue weighted by Gasteiger charge is -2.42. The normalized spacial score (nSPS) is 25.5. The van der Waals surface area contributed by atoms with Crippen molar-refractivity contribution < 1.29 is 36.2 Å². The maximum atomic E-state index is 17.2. The molecule has 2 aromatic carbocycles. The highest BCUT2D eigenvalue weighted by atomic mass is 32.1. The van der Waals surface area contributed by atoms with Gasteiger partial charge in [0.25, 0.3) is 6.43 Å². The lowest BCUT2D eigenvalue weighted by Crippen LogP contribution is -2.53. The van der Waals surface area contributed by atoms with Gasteiger partial charge in [0, 0.05) is 35.9 Å². The molecular formula is C33H31F5N6O3S. The van der Waals surface area contributed by atoms with Gasteiger partial charge in [-0.1, -0.05) is 6.07 Å². The van der Waals surface area contributed by atoms with Gasteiger partial charge in [0.15, 0.2) is 5.82 Å². The Hall–Kier alpha value is -4.00. The topological polar surface area (TPSA) is 110 Å². The van der Waals surface area contributed by atoms with Crippen LogP contribution in [0.5, 0.6) is 11.8 Å². The molecule has 3 saturated heterocycles. The van der Waals surface area contributed by atoms with Crippen molar-refractivity contribution in [2.75, 3.05) is 50.1 Å². The highest BCUT2D eigenvalue weighted by Gasteiger charge is 2.49. The maximum absolute atomic E-state index is 17.2. The molecule has 2 N–H and O–H groups in total. The van der Waals surface area contributed by atoms with E-state index >= 15 is 4.39 Å². The average Bonchev–Trinajstić information content (AvgIpc) is 3.70. The Morgan fingerprint density at radius 1 is 1.23 bits per heavy atom. The summed E-state index contributed by atoms with van der Waals surface area (Å²) in [4.78, 5) is 13.0. The third-order valence-electron chi connectivity index (χ3n) is 10.2. The number of nitrogens with two attached hydrogens (primary N) is 1. The summed E-state index contributed by atoms with van der Waals surface area (Å²) >= 11 is 0.897. The van der Waals surface area contributed by atoms with Gasteiger partial charge in [0.05, 0.1) is 47.0 Å². The van der Waals surface area contributed by atoms with E-state index in [4.69, 9.17) is 24.9 Å². The van der Waals surface area contributed by atoms with Crippen molar-refractivity contribution >= 4 is 43.1 Å². The van der Waals surface area contributed by atoms with E-state index in [1.807, 2.05) is 6.07 Å². The lowest BCUT2D eigenvalue weighted by molar-refractivity contribution is -0.0741. The second-order valence-corrected chi connectivity index (χ2v) is 14.0. The number of nitriles is 1. The van der Waals surface area contributed by atoms with E-state index < -0.39 is 41.9 Å². The number of nitrogens with zero attached hydrogens (tertiary/aromatic N) is 5. The first-order valence-electron chi connectivity index (χ1n) is 15.9. The van der Waals surface area contributed by atoms with E-state index in [1.54, 1.807) is 11.8 Å². The molecule has 15 heteroatoms. The van der Waals surface area contributed by atoms with Gasteiger partial charge >= 0.3 is 6.01 Å². The Morgan fingerprint density at radius 2 is 2.06 bits per heavy atom. The molecule has 0 saturated carbocycles. The summed E-state index contributed by atoms with van der Waals surface area (Å²) in [7, 11) is 0. The van der Waals surface area contributed by atoms with Gasteiger partial charge in [-0.3, -0.25) is 4.90 Å². The molecule has 2 aromatic heterocycles. The van der Waals surface area contributed by atoms with E-state index in [9.17, 15) is 22.8 Å². The van der Waals surface area contributed by atoms with Crippen LogP contribution in [0.3, 0.4) is 0 Å². The third-order valence-corrected chi connectivity index (χ3v) is 11.3. The summed E-state index contributed by atoms with van der Waals surface area (Å²) in [5.41, 5.74) is 5.95. The van der Waals surface area contributed by atoms with Crippen LogP contribution in [-0.2, 0) is 4.74 Å². The monoisotopic (exact) mass is 686 g/mol. The van der Waals surface area contributed by atoms with Crippen LogP contribution in [0.1, 0.15) is 36.8 Å². The third kappa shape index (κ3) is 4.74. The molecular weight excluding hydrogens is 655 g/mol. The Morgan fingerprint density at radius 3 is 2.85 bits per heavy atom. The number of alkyl halides is 3. The molecule has 4 atom stereocenters. The van der Waals surface area contributed by atoms with Crippen LogP contribution in [-0.4, -0.2) is 84.6 Å². The van der Waals surface area contributed by atoms with Crippen LogP contribution >= 0.6 is 11.3 Å². The first-order valence-corrected chi connectivity index (χ1v) is 16.7. The van der Waals surface area contributed by atoms with Crippen molar-refractivity contribution in [3.05, 3.63) is 34.9 Å². The predicted octanol–water partition coefficient (Wildman–Crippen LogP) is 6.13. The quantitative estimate of drug-likeness (QED) is 0.248. The molecule has 0 radical (unpaired) electrons. The molecule has 0 spiro atoms. The van der Waals surface area contributed by atoms with Crippen LogP contribution in [0.4, 0.5) is 32.8 Å². The van der Waals surface area contributed by atoms with Crippen LogP contribution in [0.15, 0.2) is 12.1 Å². The van der Waals surface area contributed by atoms with E-state index in [2.05, 4.69) is 9.88 Å². The molecule has 252 valence electrons. The van der Waals surface area contributed by atoms with Crippen LogP contribution in [0.25, 0.3) is 32.1 Å². The minimum absolute atomic E-state index is 0.0189. The zero-order chi connectivity index (χ0) is 33.5. The smallest absolute Gasteiger partial charge is 0.319 e. The molecule has 4 aliphatic rings. The van der Waals surface area contributed by atoms with Crippen molar-refractivity contribution in [1.82, 2.24) is 14.9 Å². The number of ether oxygens (including phenoxy) is 3. The molecule has 8 rings (SSSR count). The molecule has 0 bridgehead atoms. The average molecular weight is 687 g/mol. The number of halogens is 5. The number of rotatable bonds is 5. The van der Waals surface area contributed by atoms with Crippen molar-refractivity contribution in [2.45, 2.75) is 62.9 Å². The minimum atomic E-state index is -2.77. The predicted molar refractivity (Wildman–Crippen MR) is 170 cm³/mol. The summed E-state index contributed by atoms with van der Waals surface area (Å²) in [6, 6.07) is 4.01. The number of morpholine rings is 1. The van der Waals surface area contributed by atoms with Gasteiger partial charge in [-0.2, -0.15) is 15.2 Å². The molecule has 48 heavy (non-hydrogen) atoms. The fourth-order valence-electron chi connectivity index (χ4n) is 7.98. The highest BCUT2D eigenvalue weighted by Crippen LogP contribution is 2.49. The molecule has 4 aliphatic heterocycles. The number of aromatic nitrogens is 2. The molecule has 2 unspecified atom stereocenters. The maximum Gasteiger partial charge on any atom is 0.319 e. The van der Waals surface area contributed by atoms with Crippen molar-refractivity contribution in [2.24, 2.45) is 0 Å². The summed E-state index contributed by atoms with van der Waals surface area (Å²) in [6.07, 6.45) is -2.90. The number of benzene rings is 2. The second-order valence-electron chi connectivity index (χ2n) is 13.0. The molecule has 0 amide bonds. The summed E-state index contributed by atoms with van der Waals surface area (Å²) in [5.74, 6) is -1.02. The standard InChI is InChI=1S/C33H31F5N6O3S/c1-15-22(18-3-4-20(35)28-23(18)19(10-39)30(40)48-28)25(36)26-24-27(15)45-8-5-17-13-46-21(29(37)38)12-44(17)31(24)42-32(41-26)47-14-33-6-2-7-43(33)11-16(34)9-33/h3-4,16-17,21,29H,2,5-9,11-14,40H2,1H3/t16-,17?,21?,33+/m1/s1. The summed E-state index contributed by atoms with van der Waals surface area (Å²) in [5, 5.41) is 10.4. The number of fused-ring (bicyclic) bond motifs is 4. The first kappa shape index (κ1) is 31.3. The van der Waals surface area contributed by atoms with Gasteiger partial charge in [0.1, 0.15) is 52.9 Å². The minimum Gasteiger partial charge on any atom is -0.492 e. The largest absolute Gasteiger partial charge is 0.492 e. The van der Waals surface area contributed by atoms with Crippen molar-refractivity contribution in [3.63, 3.8) is 0 Å². The Labute approximate surface area is 276 Å². The van der Waals surface area contributed by atoms with Gasteiger partial charge in [0.2, 0.25) is 0 Å². The van der Waals surface area contributed by atoms with E-state index in [0.29, 0.717) is 18.5 Å². The van der Waals surface area contributed by atoms with Crippen LogP contribution in [0.2, 0.25) is 0 Å². The zero-order valence-corrected chi connectivity index (χ0v) is 26.7. The number of hydrogen-bond donors (Lipinski definition) is 1. The van der Waals surface area contributed by atoms with E-state index in [0.717, 1.165) is 30.7 Å². The SMILES string of the molecule is Cc1c(-c2ccc(F)c3sc(N)c(C#N)c23)c(F)c2nc(OC[C@@]34CCCN3C[C@H](F)C4)nc3c2c1OCCC1COC(C(F)F)CN31. The summed E-state index contributed by atoms with van der Waals surface area (Å²) in [6.45, 7) is 2.66. The molecule has 6 heterocycles. The molecule has 4 aromatic rings. The lowest BCUT2D eigenvalue weighted by atomic mass is 9.92. The zero-order valence-electron chi connectivity index (χ0n) is 25.9. The van der Waals surface area contributed by atoms with Gasteiger partial charge in [-0.05, 0) is 37.9 Å². The number of thiophene rings is 1. The Bertz CT molecular complexity index is 2000. The molecule has 3 fully saturated rings. The van der Waals surface area contributed by atoms with Crippen molar-refractivity contribution in [3.8, 4) is 29.0 Å². The second kappa shape index (κ2) is 11.6. The molecule has 0 aliphatic carbocycles. The van der Waals surface area contributed by atoms with Gasteiger partial charge in [-0.15, -0.1) is 11.3 Å². The number of nitrogen functional groups attached to an aromatic ring is 1. The fourth-order valence-corrected chi connectivity index (χ4v) is 8.93. The van der Waals surface area contributed by atoms with Crippen molar-refractivity contribution in [1.29, 1.82) is 5.26 Å². The van der Waals surface area contributed by atoms with E-state index in [-0.39, 0.29) is 93.0 Å². The van der Waals surface area contributed by atoms with Crippen LogP contribution in [0, 0.1) is 29.9 Å².